The maximum absolute atomic E-state index is 12.3. The molecule has 0 saturated carbocycles. The van der Waals surface area contributed by atoms with E-state index in [2.05, 4.69) is 10.4 Å². The lowest BCUT2D eigenvalue weighted by Gasteiger charge is -2.02. The molecule has 0 atom stereocenters. The van der Waals surface area contributed by atoms with Gasteiger partial charge >= 0.3 is 0 Å². The monoisotopic (exact) mass is 285 g/mol. The van der Waals surface area contributed by atoms with Gasteiger partial charge in [-0.15, -0.1) is 11.3 Å². The molecule has 0 aliphatic carbocycles. The number of rotatable bonds is 3. The van der Waals surface area contributed by atoms with Gasteiger partial charge in [-0.2, -0.15) is 5.10 Å². The van der Waals surface area contributed by atoms with Gasteiger partial charge in [-0.1, -0.05) is 25.1 Å². The van der Waals surface area contributed by atoms with Gasteiger partial charge in [0.05, 0.1) is 10.6 Å². The molecule has 20 heavy (non-hydrogen) atoms. The van der Waals surface area contributed by atoms with Gasteiger partial charge < -0.3 is 5.32 Å². The van der Waals surface area contributed by atoms with Crippen LogP contribution in [0.2, 0.25) is 0 Å². The van der Waals surface area contributed by atoms with Crippen LogP contribution in [0.3, 0.4) is 0 Å². The molecule has 0 radical (unpaired) electrons. The van der Waals surface area contributed by atoms with E-state index >= 15 is 0 Å². The van der Waals surface area contributed by atoms with E-state index in [-0.39, 0.29) is 5.91 Å². The molecule has 0 aliphatic heterocycles. The Kier molecular flexibility index (Phi) is 3.28. The molecule has 2 aromatic heterocycles. The second-order valence-electron chi connectivity index (χ2n) is 4.60. The second-order valence-corrected chi connectivity index (χ2v) is 5.68. The average molecular weight is 285 g/mol. The summed E-state index contributed by atoms with van der Waals surface area (Å²) in [4.78, 5) is 13.0. The van der Waals surface area contributed by atoms with Crippen molar-refractivity contribution in [1.82, 2.24) is 9.78 Å². The molecule has 0 fully saturated rings. The number of anilines is 1. The van der Waals surface area contributed by atoms with Crippen LogP contribution in [0.15, 0.2) is 36.4 Å². The summed E-state index contributed by atoms with van der Waals surface area (Å²) in [6.07, 6.45) is 0.854. The van der Waals surface area contributed by atoms with Crippen molar-refractivity contribution in [2.75, 3.05) is 5.32 Å². The van der Waals surface area contributed by atoms with Gasteiger partial charge in [-0.3, -0.25) is 9.48 Å². The van der Waals surface area contributed by atoms with Crippen LogP contribution in [0.25, 0.3) is 10.1 Å². The van der Waals surface area contributed by atoms with Crippen LogP contribution in [0, 0.1) is 0 Å². The molecule has 3 aromatic rings. The van der Waals surface area contributed by atoms with Gasteiger partial charge in [0.25, 0.3) is 5.91 Å². The number of nitrogens with zero attached hydrogens (tertiary/aromatic N) is 2. The number of hydrogen-bond donors (Lipinski definition) is 1. The van der Waals surface area contributed by atoms with Crippen LogP contribution < -0.4 is 5.32 Å². The number of fused-ring (bicyclic) bond motifs is 1. The Morgan fingerprint density at radius 2 is 2.15 bits per heavy atom. The molecule has 1 aromatic carbocycles. The number of benzene rings is 1. The molecule has 0 unspecified atom stereocenters. The van der Waals surface area contributed by atoms with E-state index in [4.69, 9.17) is 0 Å². The number of aryl methyl sites for hydroxylation is 2. The zero-order valence-electron chi connectivity index (χ0n) is 11.4. The lowest BCUT2D eigenvalue weighted by atomic mass is 10.2. The van der Waals surface area contributed by atoms with Crippen LogP contribution in [0.5, 0.6) is 0 Å². The van der Waals surface area contributed by atoms with Crippen molar-refractivity contribution in [1.29, 1.82) is 0 Å². The smallest absolute Gasteiger partial charge is 0.266 e. The van der Waals surface area contributed by atoms with Gasteiger partial charge in [0.1, 0.15) is 5.82 Å². The first-order chi connectivity index (χ1) is 9.67. The topological polar surface area (TPSA) is 46.9 Å². The number of carbonyl (C=O) groups excluding carboxylic acids is 1. The summed E-state index contributed by atoms with van der Waals surface area (Å²) in [5.74, 6) is 0.640. The number of hydrogen-bond acceptors (Lipinski definition) is 3. The normalized spacial score (nSPS) is 10.9. The fourth-order valence-corrected chi connectivity index (χ4v) is 3.05. The molecule has 0 saturated heterocycles. The van der Waals surface area contributed by atoms with Crippen LogP contribution in [-0.2, 0) is 13.5 Å². The summed E-state index contributed by atoms with van der Waals surface area (Å²) in [5.41, 5.74) is 0.971. The quantitative estimate of drug-likeness (QED) is 0.801. The fraction of sp³-hybridized carbons (Fsp3) is 0.200. The zero-order valence-corrected chi connectivity index (χ0v) is 12.2. The SMILES string of the molecule is CCc1cc(NC(=O)c2cc3ccccc3s2)n(C)n1. The summed E-state index contributed by atoms with van der Waals surface area (Å²) in [6, 6.07) is 11.8. The van der Waals surface area contributed by atoms with E-state index in [9.17, 15) is 4.79 Å². The molecule has 0 bridgehead atoms. The highest BCUT2D eigenvalue weighted by Crippen LogP contribution is 2.26. The predicted octanol–water partition coefficient (Wildman–Crippen LogP) is 3.45. The lowest BCUT2D eigenvalue weighted by molar-refractivity contribution is 0.102. The Morgan fingerprint density at radius 1 is 1.35 bits per heavy atom. The van der Waals surface area contributed by atoms with Crippen molar-refractivity contribution in [3.63, 3.8) is 0 Å². The number of aromatic nitrogens is 2. The summed E-state index contributed by atoms with van der Waals surface area (Å²) in [7, 11) is 1.83. The van der Waals surface area contributed by atoms with Crippen molar-refractivity contribution in [2.45, 2.75) is 13.3 Å². The zero-order chi connectivity index (χ0) is 14.1. The highest BCUT2D eigenvalue weighted by atomic mass is 32.1. The summed E-state index contributed by atoms with van der Waals surface area (Å²) < 4.78 is 2.82. The first-order valence-electron chi connectivity index (χ1n) is 6.50. The van der Waals surface area contributed by atoms with Gasteiger partial charge in [-0.05, 0) is 23.9 Å². The standard InChI is InChI=1S/C15H15N3OS/c1-3-11-9-14(18(2)17-11)16-15(19)13-8-10-6-4-5-7-12(10)20-13/h4-9H,3H2,1-2H3,(H,16,19). The summed E-state index contributed by atoms with van der Waals surface area (Å²) in [5, 5.41) is 8.34. The molecule has 102 valence electrons. The highest BCUT2D eigenvalue weighted by Gasteiger charge is 2.12. The first kappa shape index (κ1) is 12.9. The Hall–Kier alpha value is -2.14. The summed E-state index contributed by atoms with van der Waals surface area (Å²) in [6.45, 7) is 2.04. The third-order valence-corrected chi connectivity index (χ3v) is 4.30. The lowest BCUT2D eigenvalue weighted by Crippen LogP contribution is -2.13. The van der Waals surface area contributed by atoms with Crippen LogP contribution in [0.1, 0.15) is 22.3 Å². The maximum Gasteiger partial charge on any atom is 0.266 e. The Labute approximate surface area is 121 Å². The molecule has 2 heterocycles. The molecular formula is C15H15N3OS. The number of thiophene rings is 1. The molecule has 0 spiro atoms. The number of amides is 1. The van der Waals surface area contributed by atoms with Crippen LogP contribution >= 0.6 is 11.3 Å². The van der Waals surface area contributed by atoms with Crippen molar-refractivity contribution < 1.29 is 4.79 Å². The van der Waals surface area contributed by atoms with E-state index in [0.29, 0.717) is 4.88 Å². The predicted molar refractivity (Wildman–Crippen MR) is 82.4 cm³/mol. The Balaban J connectivity index is 1.86. The van der Waals surface area contributed by atoms with Crippen molar-refractivity contribution in [3.8, 4) is 0 Å². The van der Waals surface area contributed by atoms with Crippen LogP contribution in [0.4, 0.5) is 5.82 Å². The Bertz CT molecular complexity index is 739. The maximum atomic E-state index is 12.3. The number of carbonyl (C=O) groups is 1. The van der Waals surface area contributed by atoms with Crippen LogP contribution in [-0.4, -0.2) is 15.7 Å². The average Bonchev–Trinajstić information content (AvgIpc) is 3.02. The van der Waals surface area contributed by atoms with E-state index in [0.717, 1.165) is 28.0 Å². The van der Waals surface area contributed by atoms with Crippen molar-refractivity contribution in [3.05, 3.63) is 47.0 Å². The molecule has 3 rings (SSSR count). The van der Waals surface area contributed by atoms with Gasteiger partial charge in [0, 0.05) is 17.8 Å². The van der Waals surface area contributed by atoms with E-state index in [1.165, 1.54) is 11.3 Å². The van der Waals surface area contributed by atoms with Gasteiger partial charge in [-0.25, -0.2) is 0 Å². The third kappa shape index (κ3) is 2.32. The molecule has 1 N–H and O–H groups in total. The third-order valence-electron chi connectivity index (χ3n) is 3.18. The molecule has 4 nitrogen and oxygen atoms in total. The van der Waals surface area contributed by atoms with Crippen molar-refractivity contribution >= 4 is 33.1 Å². The van der Waals surface area contributed by atoms with E-state index in [1.54, 1.807) is 4.68 Å². The molecule has 1 amide bonds. The minimum atomic E-state index is -0.0862. The van der Waals surface area contributed by atoms with Gasteiger partial charge in [0.2, 0.25) is 0 Å². The minimum absolute atomic E-state index is 0.0862. The van der Waals surface area contributed by atoms with Crippen molar-refractivity contribution in [2.24, 2.45) is 7.05 Å². The molecule has 0 aliphatic rings. The molecular weight excluding hydrogens is 270 g/mol. The Morgan fingerprint density at radius 3 is 2.85 bits per heavy atom. The minimum Gasteiger partial charge on any atom is -0.306 e. The van der Waals surface area contributed by atoms with E-state index < -0.39 is 0 Å². The summed E-state index contributed by atoms with van der Waals surface area (Å²) >= 11 is 1.50. The molecule has 5 heteroatoms. The van der Waals surface area contributed by atoms with E-state index in [1.807, 2.05) is 50.4 Å². The fourth-order valence-electron chi connectivity index (χ4n) is 2.09. The second kappa shape index (κ2) is 5.09. The first-order valence-corrected chi connectivity index (χ1v) is 7.32. The van der Waals surface area contributed by atoms with Gasteiger partial charge in [0.15, 0.2) is 0 Å². The number of nitrogens with one attached hydrogen (secondary N) is 1. The largest absolute Gasteiger partial charge is 0.306 e. The highest BCUT2D eigenvalue weighted by molar-refractivity contribution is 7.20.